The number of carbonyl (C=O) groups is 1. The highest BCUT2D eigenvalue weighted by Crippen LogP contribution is 2.31. The molecular formula is C22H31N5O2. The van der Waals surface area contributed by atoms with Crippen LogP contribution in [0.5, 0.6) is 0 Å². The highest BCUT2D eigenvalue weighted by atomic mass is 16.5. The lowest BCUT2D eigenvalue weighted by Gasteiger charge is -2.28. The monoisotopic (exact) mass is 397 g/mol. The van der Waals surface area contributed by atoms with Gasteiger partial charge in [0.25, 0.3) is 0 Å². The molecular weight excluding hydrogens is 366 g/mol. The Labute approximate surface area is 171 Å². The van der Waals surface area contributed by atoms with Crippen molar-refractivity contribution in [3.63, 3.8) is 0 Å². The lowest BCUT2D eigenvalue weighted by Crippen LogP contribution is -2.48. The number of hydrogen-bond donors (Lipinski definition) is 2. The fourth-order valence-corrected chi connectivity index (χ4v) is 4.67. The second-order valence-electron chi connectivity index (χ2n) is 8.85. The molecule has 156 valence electrons. The van der Waals surface area contributed by atoms with Gasteiger partial charge in [0.15, 0.2) is 0 Å². The van der Waals surface area contributed by atoms with E-state index in [0.717, 1.165) is 62.4 Å². The van der Waals surface area contributed by atoms with E-state index in [4.69, 9.17) is 4.74 Å². The van der Waals surface area contributed by atoms with E-state index in [9.17, 15) is 4.79 Å². The number of rotatable bonds is 7. The molecule has 1 amide bonds. The van der Waals surface area contributed by atoms with Crippen molar-refractivity contribution in [3.05, 3.63) is 30.1 Å². The molecule has 3 aliphatic rings. The minimum absolute atomic E-state index is 0.171. The van der Waals surface area contributed by atoms with Crippen LogP contribution in [-0.2, 0) is 16.1 Å². The number of ether oxygens (including phenoxy) is 1. The first-order chi connectivity index (χ1) is 14.2. The van der Waals surface area contributed by atoms with Gasteiger partial charge in [-0.05, 0) is 57.1 Å². The number of hydrazine groups is 1. The summed E-state index contributed by atoms with van der Waals surface area (Å²) in [7, 11) is 0. The van der Waals surface area contributed by atoms with Crippen LogP contribution in [0.2, 0.25) is 0 Å². The van der Waals surface area contributed by atoms with Gasteiger partial charge in [0.2, 0.25) is 5.91 Å². The van der Waals surface area contributed by atoms with Crippen LogP contribution in [0, 0.1) is 12.8 Å². The summed E-state index contributed by atoms with van der Waals surface area (Å²) in [5.74, 6) is 1.91. The standard InChI is InChI=1S/C22H31N5O2/c1-15-23-19-6-2-3-7-21(19)27(15)13-17-11-20(25-24-17)22(28)26(12-16-8-9-16)14-18-5-4-10-29-18/h2-3,6-7,16-18,20,24-25H,4-5,8-14H2,1H3. The zero-order chi connectivity index (χ0) is 19.8. The van der Waals surface area contributed by atoms with Gasteiger partial charge in [0.1, 0.15) is 11.9 Å². The molecule has 1 aromatic heterocycles. The van der Waals surface area contributed by atoms with E-state index in [0.29, 0.717) is 5.92 Å². The maximum atomic E-state index is 13.3. The Bertz CT molecular complexity index is 871. The molecule has 2 aliphatic heterocycles. The van der Waals surface area contributed by atoms with Gasteiger partial charge < -0.3 is 14.2 Å². The zero-order valence-electron chi connectivity index (χ0n) is 17.1. The average molecular weight is 398 g/mol. The van der Waals surface area contributed by atoms with Crippen LogP contribution in [-0.4, -0.2) is 58.2 Å². The number of amides is 1. The van der Waals surface area contributed by atoms with E-state index in [2.05, 4.69) is 31.4 Å². The molecule has 0 bridgehead atoms. The lowest BCUT2D eigenvalue weighted by molar-refractivity contribution is -0.135. The highest BCUT2D eigenvalue weighted by molar-refractivity contribution is 5.82. The predicted molar refractivity (Wildman–Crippen MR) is 111 cm³/mol. The summed E-state index contributed by atoms with van der Waals surface area (Å²) >= 11 is 0. The number of carbonyl (C=O) groups excluding carboxylic acids is 1. The molecule has 2 N–H and O–H groups in total. The second kappa shape index (κ2) is 8.05. The number of fused-ring (bicyclic) bond motifs is 1. The van der Waals surface area contributed by atoms with E-state index in [1.54, 1.807) is 0 Å². The first-order valence-corrected chi connectivity index (χ1v) is 11.0. The molecule has 3 atom stereocenters. The minimum Gasteiger partial charge on any atom is -0.376 e. The molecule has 3 heterocycles. The Balaban J connectivity index is 1.23. The van der Waals surface area contributed by atoms with Crippen LogP contribution >= 0.6 is 0 Å². The SMILES string of the molecule is Cc1nc2ccccc2n1CC1CC(C(=O)N(CC2CC2)CC2CCCO2)NN1. The number of nitrogens with one attached hydrogen (secondary N) is 2. The third-order valence-electron chi connectivity index (χ3n) is 6.46. The Kier molecular flexibility index (Phi) is 5.28. The summed E-state index contributed by atoms with van der Waals surface area (Å²) in [6.45, 7) is 5.30. The number of aromatic nitrogens is 2. The molecule has 7 nitrogen and oxygen atoms in total. The van der Waals surface area contributed by atoms with E-state index in [1.165, 1.54) is 12.8 Å². The maximum absolute atomic E-state index is 13.3. The summed E-state index contributed by atoms with van der Waals surface area (Å²) in [6, 6.07) is 8.26. The number of aryl methyl sites for hydroxylation is 1. The smallest absolute Gasteiger partial charge is 0.241 e. The quantitative estimate of drug-likeness (QED) is 0.748. The van der Waals surface area contributed by atoms with Crippen molar-refractivity contribution in [2.45, 2.75) is 63.8 Å². The van der Waals surface area contributed by atoms with Crippen LogP contribution in [0.15, 0.2) is 24.3 Å². The van der Waals surface area contributed by atoms with Crippen molar-refractivity contribution >= 4 is 16.9 Å². The van der Waals surface area contributed by atoms with E-state index in [1.807, 2.05) is 25.1 Å². The molecule has 3 unspecified atom stereocenters. The molecule has 5 rings (SSSR count). The summed E-state index contributed by atoms with van der Waals surface area (Å²) in [4.78, 5) is 20.0. The second-order valence-corrected chi connectivity index (χ2v) is 8.85. The first-order valence-electron chi connectivity index (χ1n) is 11.0. The van der Waals surface area contributed by atoms with Crippen LogP contribution < -0.4 is 10.9 Å². The van der Waals surface area contributed by atoms with Crippen LogP contribution in [0.1, 0.15) is 37.9 Å². The summed E-state index contributed by atoms with van der Waals surface area (Å²) in [5.41, 5.74) is 8.80. The molecule has 1 aliphatic carbocycles. The maximum Gasteiger partial charge on any atom is 0.241 e. The van der Waals surface area contributed by atoms with Gasteiger partial charge in [0.05, 0.1) is 17.1 Å². The fourth-order valence-electron chi connectivity index (χ4n) is 4.67. The lowest BCUT2D eigenvalue weighted by atomic mass is 10.1. The number of imidazole rings is 1. The number of hydrogen-bond acceptors (Lipinski definition) is 5. The van der Waals surface area contributed by atoms with Crippen molar-refractivity contribution in [3.8, 4) is 0 Å². The van der Waals surface area contributed by atoms with Gasteiger partial charge >= 0.3 is 0 Å². The van der Waals surface area contributed by atoms with Gasteiger partial charge in [-0.25, -0.2) is 10.4 Å². The van der Waals surface area contributed by atoms with Crippen molar-refractivity contribution in [2.75, 3.05) is 19.7 Å². The average Bonchev–Trinajstić information content (AvgIpc) is 3.09. The topological polar surface area (TPSA) is 71.4 Å². The Morgan fingerprint density at radius 1 is 1.24 bits per heavy atom. The van der Waals surface area contributed by atoms with E-state index < -0.39 is 0 Å². The largest absolute Gasteiger partial charge is 0.376 e. The van der Waals surface area contributed by atoms with Gasteiger partial charge in [-0.15, -0.1) is 0 Å². The van der Waals surface area contributed by atoms with Crippen LogP contribution in [0.4, 0.5) is 0 Å². The Morgan fingerprint density at radius 3 is 2.90 bits per heavy atom. The predicted octanol–water partition coefficient (Wildman–Crippen LogP) is 2.00. The van der Waals surface area contributed by atoms with E-state index >= 15 is 0 Å². The van der Waals surface area contributed by atoms with Crippen molar-refractivity contribution in [1.29, 1.82) is 0 Å². The van der Waals surface area contributed by atoms with Crippen molar-refractivity contribution < 1.29 is 9.53 Å². The molecule has 0 spiro atoms. The Hall–Kier alpha value is -1.96. The highest BCUT2D eigenvalue weighted by Gasteiger charge is 2.36. The van der Waals surface area contributed by atoms with Crippen LogP contribution in [0.3, 0.4) is 0 Å². The first kappa shape index (κ1) is 19.0. The number of nitrogens with zero attached hydrogens (tertiary/aromatic N) is 3. The molecule has 7 heteroatoms. The molecule has 0 radical (unpaired) electrons. The third kappa shape index (κ3) is 4.17. The van der Waals surface area contributed by atoms with E-state index in [-0.39, 0.29) is 24.1 Å². The third-order valence-corrected chi connectivity index (χ3v) is 6.46. The normalized spacial score (nSPS) is 27.0. The number of benzene rings is 1. The number of para-hydroxylation sites is 2. The van der Waals surface area contributed by atoms with Gasteiger partial charge in [-0.2, -0.15) is 0 Å². The zero-order valence-corrected chi connectivity index (χ0v) is 17.1. The van der Waals surface area contributed by atoms with Gasteiger partial charge in [-0.1, -0.05) is 12.1 Å². The van der Waals surface area contributed by atoms with Crippen molar-refractivity contribution in [1.82, 2.24) is 25.3 Å². The minimum atomic E-state index is -0.171. The molecule has 3 fully saturated rings. The summed E-state index contributed by atoms with van der Waals surface area (Å²) in [6.07, 6.45) is 5.68. The van der Waals surface area contributed by atoms with Gasteiger partial charge in [0, 0.05) is 32.3 Å². The Morgan fingerprint density at radius 2 is 2.10 bits per heavy atom. The summed E-state index contributed by atoms with van der Waals surface area (Å²) in [5, 5.41) is 0. The molecule has 2 saturated heterocycles. The van der Waals surface area contributed by atoms with Crippen molar-refractivity contribution in [2.24, 2.45) is 5.92 Å². The molecule has 1 aromatic carbocycles. The molecule has 1 saturated carbocycles. The summed E-state index contributed by atoms with van der Waals surface area (Å²) < 4.78 is 8.05. The molecule has 29 heavy (non-hydrogen) atoms. The molecule has 2 aromatic rings. The van der Waals surface area contributed by atoms with Crippen LogP contribution in [0.25, 0.3) is 11.0 Å². The van der Waals surface area contributed by atoms with Gasteiger partial charge in [-0.3, -0.25) is 10.2 Å². The fraction of sp³-hybridized carbons (Fsp3) is 0.636.